The average Bonchev–Trinajstić information content (AvgIpc) is 2.85. The number of carbonyl (C=O) groups is 2. The predicted molar refractivity (Wildman–Crippen MR) is 135 cm³/mol. The number of nitrogens with one attached hydrogen (secondary N) is 3. The molecule has 194 valence electrons. The quantitative estimate of drug-likeness (QED) is 0.340. The summed E-state index contributed by atoms with van der Waals surface area (Å²) >= 11 is 0. The number of nitrogens with zero attached hydrogens (tertiary/aromatic N) is 2. The van der Waals surface area contributed by atoms with E-state index in [1.807, 2.05) is 30.3 Å². The third-order valence-electron chi connectivity index (χ3n) is 6.19. The number of hydrogen-bond acceptors (Lipinski definition) is 6. The molecule has 0 spiro atoms. The van der Waals surface area contributed by atoms with Gasteiger partial charge in [0.05, 0.1) is 11.4 Å². The van der Waals surface area contributed by atoms with E-state index in [1.165, 1.54) is 6.92 Å². The molecule has 0 unspecified atom stereocenters. The summed E-state index contributed by atoms with van der Waals surface area (Å²) in [6.07, 6.45) is -1.41. The van der Waals surface area contributed by atoms with E-state index in [9.17, 15) is 22.8 Å². The molecule has 5 N–H and O–H groups in total. The highest BCUT2D eigenvalue weighted by Gasteiger charge is 2.36. The lowest BCUT2D eigenvalue weighted by Gasteiger charge is -2.28. The molecule has 1 heterocycles. The van der Waals surface area contributed by atoms with Crippen molar-refractivity contribution in [2.75, 3.05) is 16.0 Å². The SMILES string of the molecule is CC(=O)Nc1cc(-c2ccccc2)ccc1Nc1nc(N[C@H]2CCC[C@@H](C(N)=O)C2)ncc1C(F)(F)F. The number of carbonyl (C=O) groups excluding carboxylic acids is 2. The number of primary amides is 1. The molecule has 1 aliphatic rings. The van der Waals surface area contributed by atoms with Crippen molar-refractivity contribution in [3.63, 3.8) is 0 Å². The van der Waals surface area contributed by atoms with Crippen LogP contribution in [0.1, 0.15) is 38.2 Å². The minimum absolute atomic E-state index is 0.00685. The molecule has 0 radical (unpaired) electrons. The zero-order valence-corrected chi connectivity index (χ0v) is 20.1. The Bertz CT molecular complexity index is 1280. The first-order valence-corrected chi connectivity index (χ1v) is 11.8. The second-order valence-corrected chi connectivity index (χ2v) is 8.99. The maximum absolute atomic E-state index is 13.8. The zero-order valence-electron chi connectivity index (χ0n) is 20.1. The topological polar surface area (TPSA) is 122 Å². The van der Waals surface area contributed by atoms with Crippen LogP contribution < -0.4 is 21.7 Å². The van der Waals surface area contributed by atoms with Crippen molar-refractivity contribution in [3.8, 4) is 11.1 Å². The van der Waals surface area contributed by atoms with Gasteiger partial charge in [0.25, 0.3) is 0 Å². The first-order chi connectivity index (χ1) is 17.6. The van der Waals surface area contributed by atoms with Gasteiger partial charge in [0.2, 0.25) is 17.8 Å². The molecule has 11 heteroatoms. The fourth-order valence-electron chi connectivity index (χ4n) is 4.40. The summed E-state index contributed by atoms with van der Waals surface area (Å²) in [7, 11) is 0. The highest BCUT2D eigenvalue weighted by Crippen LogP contribution is 2.38. The maximum atomic E-state index is 13.8. The highest BCUT2D eigenvalue weighted by atomic mass is 19.4. The number of benzene rings is 2. The molecule has 8 nitrogen and oxygen atoms in total. The van der Waals surface area contributed by atoms with Gasteiger partial charge in [0, 0.05) is 25.1 Å². The smallest absolute Gasteiger partial charge is 0.369 e. The van der Waals surface area contributed by atoms with Crippen LogP contribution in [0, 0.1) is 5.92 Å². The number of rotatable bonds is 7. The molecule has 1 aromatic heterocycles. The van der Waals surface area contributed by atoms with E-state index >= 15 is 0 Å². The fourth-order valence-corrected chi connectivity index (χ4v) is 4.40. The number of amides is 2. The second-order valence-electron chi connectivity index (χ2n) is 8.99. The van der Waals surface area contributed by atoms with Gasteiger partial charge in [0.1, 0.15) is 11.4 Å². The Balaban J connectivity index is 1.66. The Labute approximate surface area is 211 Å². The number of aromatic nitrogens is 2. The van der Waals surface area contributed by atoms with E-state index in [0.29, 0.717) is 31.1 Å². The first kappa shape index (κ1) is 25.9. The molecule has 2 aromatic carbocycles. The van der Waals surface area contributed by atoms with E-state index in [4.69, 9.17) is 5.73 Å². The van der Waals surface area contributed by atoms with Gasteiger partial charge in [-0.25, -0.2) is 4.98 Å². The number of nitrogens with two attached hydrogens (primary N) is 1. The van der Waals surface area contributed by atoms with Gasteiger partial charge < -0.3 is 21.7 Å². The molecule has 0 bridgehead atoms. The summed E-state index contributed by atoms with van der Waals surface area (Å²) in [5.41, 5.74) is 6.56. The van der Waals surface area contributed by atoms with Crippen molar-refractivity contribution in [3.05, 3.63) is 60.3 Å². The third-order valence-corrected chi connectivity index (χ3v) is 6.19. The lowest BCUT2D eigenvalue weighted by Crippen LogP contribution is -2.34. The van der Waals surface area contributed by atoms with Gasteiger partial charge in [-0.05, 0) is 42.5 Å². The fraction of sp³-hybridized carbons (Fsp3) is 0.308. The number of hydrogen-bond donors (Lipinski definition) is 4. The Morgan fingerprint density at radius 1 is 1.03 bits per heavy atom. The number of anilines is 4. The summed E-state index contributed by atoms with van der Waals surface area (Å²) in [6, 6.07) is 14.2. The minimum atomic E-state index is -4.72. The Kier molecular flexibility index (Phi) is 7.61. The van der Waals surface area contributed by atoms with Crippen LogP contribution in [-0.2, 0) is 15.8 Å². The molecular weight excluding hydrogens is 485 g/mol. The van der Waals surface area contributed by atoms with Crippen molar-refractivity contribution in [1.82, 2.24) is 9.97 Å². The van der Waals surface area contributed by atoms with Crippen molar-refractivity contribution < 1.29 is 22.8 Å². The molecule has 3 aromatic rings. The number of halogens is 3. The molecule has 4 rings (SSSR count). The zero-order chi connectivity index (χ0) is 26.6. The highest BCUT2D eigenvalue weighted by molar-refractivity contribution is 5.94. The molecule has 0 saturated heterocycles. The summed E-state index contributed by atoms with van der Waals surface area (Å²) in [6.45, 7) is 1.32. The summed E-state index contributed by atoms with van der Waals surface area (Å²) in [4.78, 5) is 31.4. The van der Waals surface area contributed by atoms with E-state index in [-0.39, 0.29) is 29.5 Å². The van der Waals surface area contributed by atoms with E-state index in [2.05, 4.69) is 25.9 Å². The van der Waals surface area contributed by atoms with Crippen molar-refractivity contribution in [2.24, 2.45) is 11.7 Å². The van der Waals surface area contributed by atoms with Crippen LogP contribution in [0.3, 0.4) is 0 Å². The molecule has 1 fully saturated rings. The van der Waals surface area contributed by atoms with Crippen LogP contribution in [0.5, 0.6) is 0 Å². The normalized spacial score (nSPS) is 17.6. The van der Waals surface area contributed by atoms with Gasteiger partial charge in [-0.15, -0.1) is 0 Å². The van der Waals surface area contributed by atoms with Crippen LogP contribution in [-0.4, -0.2) is 27.8 Å². The second kappa shape index (κ2) is 10.9. The average molecular weight is 513 g/mol. The monoisotopic (exact) mass is 512 g/mol. The van der Waals surface area contributed by atoms with Crippen molar-refractivity contribution in [2.45, 2.75) is 44.8 Å². The van der Waals surface area contributed by atoms with Gasteiger partial charge in [-0.1, -0.05) is 42.8 Å². The van der Waals surface area contributed by atoms with Gasteiger partial charge >= 0.3 is 6.18 Å². The lowest BCUT2D eigenvalue weighted by molar-refractivity contribution is -0.137. The van der Waals surface area contributed by atoms with Gasteiger partial charge in [-0.2, -0.15) is 18.2 Å². The minimum Gasteiger partial charge on any atom is -0.369 e. The van der Waals surface area contributed by atoms with E-state index in [0.717, 1.165) is 17.5 Å². The van der Waals surface area contributed by atoms with Crippen molar-refractivity contribution >= 4 is 35.0 Å². The molecule has 1 aliphatic carbocycles. The summed E-state index contributed by atoms with van der Waals surface area (Å²) < 4.78 is 41.4. The molecule has 37 heavy (non-hydrogen) atoms. The largest absolute Gasteiger partial charge is 0.421 e. The summed E-state index contributed by atoms with van der Waals surface area (Å²) in [5, 5.41) is 8.45. The standard InChI is InChI=1S/C26H27F3N6O2/c1-15(36)32-22-13-17(16-6-3-2-4-7-16)10-11-21(22)34-24-20(26(27,28)29)14-31-25(35-24)33-19-9-5-8-18(12-19)23(30)37/h2-4,6-7,10-11,13-14,18-19H,5,8-9,12H2,1H3,(H2,30,37)(H,32,36)(H2,31,33,34,35)/t18-,19+/m1/s1. The van der Waals surface area contributed by atoms with Gasteiger partial charge in [-0.3, -0.25) is 9.59 Å². The molecule has 0 aliphatic heterocycles. The van der Waals surface area contributed by atoms with Gasteiger partial charge in [0.15, 0.2) is 0 Å². The molecule has 2 amide bonds. The summed E-state index contributed by atoms with van der Waals surface area (Å²) in [5.74, 6) is -1.55. The molecule has 2 atom stereocenters. The Morgan fingerprint density at radius 3 is 2.46 bits per heavy atom. The van der Waals surface area contributed by atoms with Crippen LogP contribution >= 0.6 is 0 Å². The van der Waals surface area contributed by atoms with Crippen LogP contribution in [0.4, 0.5) is 36.3 Å². The van der Waals surface area contributed by atoms with Crippen molar-refractivity contribution in [1.29, 1.82) is 0 Å². The predicted octanol–water partition coefficient (Wildman–Crippen LogP) is 5.32. The Hall–Kier alpha value is -4.15. The first-order valence-electron chi connectivity index (χ1n) is 11.8. The van der Waals surface area contributed by atoms with E-state index in [1.54, 1.807) is 18.2 Å². The Morgan fingerprint density at radius 2 is 1.78 bits per heavy atom. The lowest BCUT2D eigenvalue weighted by atomic mass is 9.85. The molecule has 1 saturated carbocycles. The maximum Gasteiger partial charge on any atom is 0.421 e. The third kappa shape index (κ3) is 6.54. The van der Waals surface area contributed by atoms with E-state index < -0.39 is 23.5 Å². The van der Waals surface area contributed by atoms with Crippen LogP contribution in [0.2, 0.25) is 0 Å². The molecular formula is C26H27F3N6O2. The number of alkyl halides is 3. The van der Waals surface area contributed by atoms with Crippen LogP contribution in [0.25, 0.3) is 11.1 Å². The van der Waals surface area contributed by atoms with Crippen LogP contribution in [0.15, 0.2) is 54.7 Å².